The Labute approximate surface area is 126 Å². The lowest BCUT2D eigenvalue weighted by molar-refractivity contribution is 0.156. The van der Waals surface area contributed by atoms with E-state index in [-0.39, 0.29) is 12.3 Å². The van der Waals surface area contributed by atoms with Gasteiger partial charge in [0.2, 0.25) is 0 Å². The van der Waals surface area contributed by atoms with Crippen molar-refractivity contribution in [2.75, 3.05) is 17.9 Å². The zero-order valence-corrected chi connectivity index (χ0v) is 13.1. The minimum Gasteiger partial charge on any atom is -0.395 e. The molecule has 2 N–H and O–H groups in total. The molecule has 1 fully saturated rings. The van der Waals surface area contributed by atoms with Gasteiger partial charge >= 0.3 is 10.2 Å². The zero-order chi connectivity index (χ0) is 14.8. The van der Waals surface area contributed by atoms with Gasteiger partial charge in [-0.05, 0) is 31.0 Å². The summed E-state index contributed by atoms with van der Waals surface area (Å²) in [6, 6.07) is 3.66. The van der Waals surface area contributed by atoms with Crippen LogP contribution >= 0.6 is 15.9 Å². The van der Waals surface area contributed by atoms with E-state index in [0.29, 0.717) is 17.4 Å². The Bertz CT molecular complexity index is 582. The second kappa shape index (κ2) is 6.38. The Morgan fingerprint density at radius 2 is 2.20 bits per heavy atom. The third-order valence-electron chi connectivity index (χ3n) is 3.26. The van der Waals surface area contributed by atoms with Crippen LogP contribution in [0.15, 0.2) is 22.7 Å². The molecule has 1 aliphatic rings. The Kier molecular flexibility index (Phi) is 5.00. The fourth-order valence-corrected chi connectivity index (χ4v) is 4.07. The van der Waals surface area contributed by atoms with Crippen molar-refractivity contribution in [3.63, 3.8) is 0 Å². The van der Waals surface area contributed by atoms with E-state index in [4.69, 9.17) is 0 Å². The van der Waals surface area contributed by atoms with Crippen LogP contribution in [0.1, 0.15) is 19.3 Å². The first-order valence-electron chi connectivity index (χ1n) is 6.29. The minimum absolute atomic E-state index is 0.101. The van der Waals surface area contributed by atoms with Crippen LogP contribution < -0.4 is 4.72 Å². The highest BCUT2D eigenvalue weighted by Crippen LogP contribution is 2.24. The summed E-state index contributed by atoms with van der Waals surface area (Å²) in [7, 11) is -3.86. The maximum atomic E-state index is 13.7. The molecule has 20 heavy (non-hydrogen) atoms. The predicted molar refractivity (Wildman–Crippen MR) is 78.1 cm³/mol. The number of nitrogens with one attached hydrogen (secondary N) is 1. The molecule has 5 nitrogen and oxygen atoms in total. The monoisotopic (exact) mass is 366 g/mol. The highest BCUT2D eigenvalue weighted by molar-refractivity contribution is 9.10. The van der Waals surface area contributed by atoms with Gasteiger partial charge in [0.25, 0.3) is 0 Å². The number of hydrogen-bond acceptors (Lipinski definition) is 3. The molecule has 0 aliphatic carbocycles. The van der Waals surface area contributed by atoms with Crippen LogP contribution in [0.2, 0.25) is 0 Å². The summed E-state index contributed by atoms with van der Waals surface area (Å²) in [5.74, 6) is -0.652. The third-order valence-corrected chi connectivity index (χ3v) is 5.33. The number of hydrogen-bond donors (Lipinski definition) is 2. The van der Waals surface area contributed by atoms with Crippen LogP contribution in [0, 0.1) is 5.82 Å². The second-order valence-corrected chi connectivity index (χ2v) is 7.21. The van der Waals surface area contributed by atoms with Gasteiger partial charge in [0, 0.05) is 17.1 Å². The lowest BCUT2D eigenvalue weighted by Gasteiger charge is -2.33. The quantitative estimate of drug-likeness (QED) is 0.856. The summed E-state index contributed by atoms with van der Waals surface area (Å²) in [6.45, 7) is 0.0996. The second-order valence-electron chi connectivity index (χ2n) is 4.67. The molecule has 0 radical (unpaired) electrons. The lowest BCUT2D eigenvalue weighted by Crippen LogP contribution is -2.48. The first-order chi connectivity index (χ1) is 9.44. The fourth-order valence-electron chi connectivity index (χ4n) is 2.24. The standard InChI is InChI=1S/C12H16BrFN2O3S/c13-9-4-5-12(11(14)7-9)15-20(18,19)16-6-2-1-3-10(16)8-17/h4-5,7,10,15,17H,1-3,6,8H2. The SMILES string of the molecule is O=S(=O)(Nc1ccc(Br)cc1F)N1CCCCC1CO. The van der Waals surface area contributed by atoms with Crippen molar-refractivity contribution in [3.8, 4) is 0 Å². The third kappa shape index (κ3) is 3.49. The fraction of sp³-hybridized carbons (Fsp3) is 0.500. The van der Waals surface area contributed by atoms with Gasteiger partial charge in [-0.25, -0.2) is 4.39 Å². The smallest absolute Gasteiger partial charge is 0.302 e. The molecule has 0 amide bonds. The van der Waals surface area contributed by atoms with E-state index in [0.717, 1.165) is 12.8 Å². The molecule has 1 aliphatic heterocycles. The Hall–Kier alpha value is -0.700. The van der Waals surface area contributed by atoms with E-state index >= 15 is 0 Å². The first kappa shape index (κ1) is 15.7. The van der Waals surface area contributed by atoms with E-state index in [1.54, 1.807) is 6.07 Å². The number of rotatable bonds is 4. The Balaban J connectivity index is 2.21. The maximum Gasteiger partial charge on any atom is 0.302 e. The van der Waals surface area contributed by atoms with Gasteiger partial charge in [0.15, 0.2) is 0 Å². The molecule has 1 aromatic rings. The van der Waals surface area contributed by atoms with Gasteiger partial charge in [0.05, 0.1) is 12.3 Å². The number of aliphatic hydroxyl groups is 1. The summed E-state index contributed by atoms with van der Waals surface area (Å²) in [5.41, 5.74) is -0.101. The molecule has 0 bridgehead atoms. The molecule has 1 aromatic carbocycles. The molecule has 0 spiro atoms. The van der Waals surface area contributed by atoms with Crippen molar-refractivity contribution in [2.45, 2.75) is 25.3 Å². The summed E-state index contributed by atoms with van der Waals surface area (Å²) < 4.78 is 42.3. The molecule has 1 unspecified atom stereocenters. The van der Waals surface area contributed by atoms with Crippen LogP contribution in [0.3, 0.4) is 0 Å². The van der Waals surface area contributed by atoms with Crippen LogP contribution in [-0.2, 0) is 10.2 Å². The van der Waals surface area contributed by atoms with Crippen molar-refractivity contribution < 1.29 is 17.9 Å². The average molecular weight is 367 g/mol. The predicted octanol–water partition coefficient (Wildman–Crippen LogP) is 2.09. The van der Waals surface area contributed by atoms with Crippen molar-refractivity contribution in [1.29, 1.82) is 0 Å². The summed E-state index contributed by atoms with van der Waals surface area (Å²) in [5, 5.41) is 9.27. The number of piperidine rings is 1. The highest BCUT2D eigenvalue weighted by atomic mass is 79.9. The van der Waals surface area contributed by atoms with Gasteiger partial charge in [-0.1, -0.05) is 22.4 Å². The number of halogens is 2. The van der Waals surface area contributed by atoms with Crippen LogP contribution in [0.25, 0.3) is 0 Å². The molecule has 1 saturated heterocycles. The lowest BCUT2D eigenvalue weighted by atomic mass is 10.1. The summed E-state index contributed by atoms with van der Waals surface area (Å²) in [6.07, 6.45) is 2.23. The first-order valence-corrected chi connectivity index (χ1v) is 8.53. The van der Waals surface area contributed by atoms with Crippen LogP contribution in [0.5, 0.6) is 0 Å². The highest BCUT2D eigenvalue weighted by Gasteiger charge is 2.32. The van der Waals surface area contributed by atoms with Gasteiger partial charge in [-0.15, -0.1) is 0 Å². The van der Waals surface area contributed by atoms with Crippen molar-refractivity contribution in [3.05, 3.63) is 28.5 Å². The molecule has 2 rings (SSSR count). The molecular formula is C12H16BrFN2O3S. The molecule has 0 saturated carbocycles. The molecule has 8 heteroatoms. The molecule has 0 aromatic heterocycles. The van der Waals surface area contributed by atoms with Gasteiger partial charge in [-0.2, -0.15) is 12.7 Å². The normalized spacial score (nSPS) is 20.9. The van der Waals surface area contributed by atoms with Crippen LogP contribution in [0.4, 0.5) is 10.1 Å². The molecular weight excluding hydrogens is 351 g/mol. The number of nitrogens with zero attached hydrogens (tertiary/aromatic N) is 1. The number of aliphatic hydroxyl groups excluding tert-OH is 1. The van der Waals surface area contributed by atoms with Gasteiger partial charge in [-0.3, -0.25) is 4.72 Å². The van der Waals surface area contributed by atoms with Crippen LogP contribution in [-0.4, -0.2) is 37.0 Å². The average Bonchev–Trinajstić information content (AvgIpc) is 2.42. The van der Waals surface area contributed by atoms with E-state index in [9.17, 15) is 17.9 Å². The molecule has 112 valence electrons. The number of anilines is 1. The zero-order valence-electron chi connectivity index (χ0n) is 10.7. The number of benzene rings is 1. The minimum atomic E-state index is -3.86. The maximum absolute atomic E-state index is 13.7. The molecule has 1 atom stereocenters. The van der Waals surface area contributed by atoms with E-state index in [1.807, 2.05) is 0 Å². The van der Waals surface area contributed by atoms with Gasteiger partial charge < -0.3 is 5.11 Å². The topological polar surface area (TPSA) is 69.6 Å². The van der Waals surface area contributed by atoms with E-state index < -0.39 is 22.1 Å². The van der Waals surface area contributed by atoms with Crippen molar-refractivity contribution in [1.82, 2.24) is 4.31 Å². The Morgan fingerprint density at radius 1 is 1.45 bits per heavy atom. The summed E-state index contributed by atoms with van der Waals surface area (Å²) >= 11 is 3.11. The largest absolute Gasteiger partial charge is 0.395 e. The van der Waals surface area contributed by atoms with E-state index in [1.165, 1.54) is 16.4 Å². The van der Waals surface area contributed by atoms with Crippen molar-refractivity contribution in [2.24, 2.45) is 0 Å². The van der Waals surface area contributed by atoms with Gasteiger partial charge in [0.1, 0.15) is 5.82 Å². The summed E-state index contributed by atoms with van der Waals surface area (Å²) in [4.78, 5) is 0. The molecule has 1 heterocycles. The van der Waals surface area contributed by atoms with Crippen molar-refractivity contribution >= 4 is 31.8 Å². The Morgan fingerprint density at radius 3 is 2.85 bits per heavy atom. The van der Waals surface area contributed by atoms with E-state index in [2.05, 4.69) is 20.7 Å².